The van der Waals surface area contributed by atoms with Gasteiger partial charge in [-0.1, -0.05) is 19.9 Å². The van der Waals surface area contributed by atoms with Crippen LogP contribution in [0.5, 0.6) is 0 Å². The molecule has 0 aliphatic rings. The molecule has 0 aliphatic carbocycles. The van der Waals surface area contributed by atoms with Gasteiger partial charge in [0.15, 0.2) is 0 Å². The summed E-state index contributed by atoms with van der Waals surface area (Å²) < 4.78 is 5.13. The number of aromatic nitrogens is 1. The van der Waals surface area contributed by atoms with Crippen molar-refractivity contribution in [3.05, 3.63) is 30.1 Å². The molecule has 0 saturated carbocycles. The quantitative estimate of drug-likeness (QED) is 0.769. The van der Waals surface area contributed by atoms with Crippen LogP contribution < -0.4 is 5.32 Å². The number of hydrogen-bond donors (Lipinski definition) is 1. The third kappa shape index (κ3) is 3.91. The van der Waals surface area contributed by atoms with Crippen LogP contribution in [-0.2, 0) is 4.74 Å². The molecule has 16 heavy (non-hydrogen) atoms. The molecule has 1 rings (SSSR count). The van der Waals surface area contributed by atoms with Crippen LogP contribution in [0.3, 0.4) is 0 Å². The maximum absolute atomic E-state index is 5.13. The highest BCUT2D eigenvalue weighted by atomic mass is 16.5. The zero-order valence-electron chi connectivity index (χ0n) is 10.4. The van der Waals surface area contributed by atoms with E-state index in [1.807, 2.05) is 18.5 Å². The summed E-state index contributed by atoms with van der Waals surface area (Å²) in [6.07, 6.45) is 4.81. The molecule has 3 heteroatoms. The van der Waals surface area contributed by atoms with Crippen LogP contribution in [0.4, 0.5) is 0 Å². The molecule has 1 aromatic rings. The zero-order valence-corrected chi connectivity index (χ0v) is 10.4. The van der Waals surface area contributed by atoms with Crippen LogP contribution in [-0.4, -0.2) is 25.2 Å². The molecule has 0 spiro atoms. The summed E-state index contributed by atoms with van der Waals surface area (Å²) in [6, 6.07) is 4.49. The second-order valence-corrected chi connectivity index (χ2v) is 4.08. The minimum Gasteiger partial charge on any atom is -0.385 e. The first-order valence-corrected chi connectivity index (χ1v) is 5.91. The van der Waals surface area contributed by atoms with Gasteiger partial charge in [-0.2, -0.15) is 0 Å². The van der Waals surface area contributed by atoms with Gasteiger partial charge in [-0.25, -0.2) is 0 Å². The summed E-state index contributed by atoms with van der Waals surface area (Å²) in [5, 5.41) is 3.51. The molecular formula is C13H22N2O. The molecule has 0 aromatic carbocycles. The standard InChI is InChI=1S/C13H22N2O/c1-4-15-13(11(2)7-9-16-3)12-6-5-8-14-10-12/h5-6,8,10-11,13,15H,4,7,9H2,1-3H3. The summed E-state index contributed by atoms with van der Waals surface area (Å²) in [5.41, 5.74) is 1.26. The third-order valence-electron chi connectivity index (χ3n) is 2.81. The number of ether oxygens (including phenoxy) is 1. The normalized spacial score (nSPS) is 14.7. The van der Waals surface area contributed by atoms with Gasteiger partial charge in [0, 0.05) is 32.2 Å². The van der Waals surface area contributed by atoms with E-state index in [1.54, 1.807) is 7.11 Å². The summed E-state index contributed by atoms with van der Waals surface area (Å²) in [7, 11) is 1.75. The van der Waals surface area contributed by atoms with Crippen molar-refractivity contribution < 1.29 is 4.74 Å². The molecule has 1 heterocycles. The molecule has 1 N–H and O–H groups in total. The number of hydrogen-bond acceptors (Lipinski definition) is 3. The van der Waals surface area contributed by atoms with Crippen molar-refractivity contribution >= 4 is 0 Å². The second-order valence-electron chi connectivity index (χ2n) is 4.08. The van der Waals surface area contributed by atoms with E-state index < -0.39 is 0 Å². The first-order chi connectivity index (χ1) is 7.79. The highest BCUT2D eigenvalue weighted by molar-refractivity contribution is 5.14. The Kier molecular flexibility index (Phi) is 6.04. The Morgan fingerprint density at radius 3 is 2.88 bits per heavy atom. The minimum absolute atomic E-state index is 0.369. The van der Waals surface area contributed by atoms with E-state index >= 15 is 0 Å². The first kappa shape index (κ1) is 13.1. The predicted molar refractivity (Wildman–Crippen MR) is 66.3 cm³/mol. The van der Waals surface area contributed by atoms with Crippen LogP contribution in [0.25, 0.3) is 0 Å². The van der Waals surface area contributed by atoms with Gasteiger partial charge in [-0.3, -0.25) is 4.98 Å². The van der Waals surface area contributed by atoms with Crippen LogP contribution in [0, 0.1) is 5.92 Å². The van der Waals surface area contributed by atoms with Crippen molar-refractivity contribution in [2.45, 2.75) is 26.3 Å². The van der Waals surface area contributed by atoms with Crippen LogP contribution in [0.15, 0.2) is 24.5 Å². The van der Waals surface area contributed by atoms with Crippen LogP contribution >= 0.6 is 0 Å². The van der Waals surface area contributed by atoms with Crippen molar-refractivity contribution in [3.8, 4) is 0 Å². The Hall–Kier alpha value is -0.930. The van der Waals surface area contributed by atoms with E-state index in [0.29, 0.717) is 12.0 Å². The predicted octanol–water partition coefficient (Wildman–Crippen LogP) is 2.40. The number of nitrogens with one attached hydrogen (secondary N) is 1. The van der Waals surface area contributed by atoms with Crippen molar-refractivity contribution in [3.63, 3.8) is 0 Å². The lowest BCUT2D eigenvalue weighted by Gasteiger charge is -2.24. The van der Waals surface area contributed by atoms with Crippen molar-refractivity contribution in [1.82, 2.24) is 10.3 Å². The average molecular weight is 222 g/mol. The molecule has 1 aromatic heterocycles. The van der Waals surface area contributed by atoms with Gasteiger partial charge >= 0.3 is 0 Å². The van der Waals surface area contributed by atoms with Crippen molar-refractivity contribution in [2.75, 3.05) is 20.3 Å². The number of pyridine rings is 1. The highest BCUT2D eigenvalue weighted by Crippen LogP contribution is 2.23. The first-order valence-electron chi connectivity index (χ1n) is 5.91. The Bertz CT molecular complexity index is 277. The number of rotatable bonds is 7. The van der Waals surface area contributed by atoms with E-state index in [2.05, 4.69) is 30.2 Å². The lowest BCUT2D eigenvalue weighted by Crippen LogP contribution is -2.27. The molecule has 0 bridgehead atoms. The van der Waals surface area contributed by atoms with Crippen LogP contribution in [0.1, 0.15) is 31.9 Å². The maximum atomic E-state index is 5.13. The third-order valence-corrected chi connectivity index (χ3v) is 2.81. The maximum Gasteiger partial charge on any atom is 0.0465 e. The summed E-state index contributed by atoms with van der Waals surface area (Å²) in [5.74, 6) is 0.545. The van der Waals surface area contributed by atoms with Gasteiger partial charge in [0.2, 0.25) is 0 Å². The minimum atomic E-state index is 0.369. The number of methoxy groups -OCH3 is 1. The average Bonchev–Trinajstić information content (AvgIpc) is 2.34. The highest BCUT2D eigenvalue weighted by Gasteiger charge is 2.17. The van der Waals surface area contributed by atoms with E-state index in [1.165, 1.54) is 5.56 Å². The Balaban J connectivity index is 2.66. The lowest BCUT2D eigenvalue weighted by molar-refractivity contribution is 0.170. The van der Waals surface area contributed by atoms with Gasteiger partial charge in [-0.15, -0.1) is 0 Å². The molecule has 0 fully saturated rings. The molecule has 90 valence electrons. The molecule has 0 radical (unpaired) electrons. The van der Waals surface area contributed by atoms with Gasteiger partial charge in [0.25, 0.3) is 0 Å². The van der Waals surface area contributed by atoms with Crippen molar-refractivity contribution in [1.29, 1.82) is 0 Å². The summed E-state index contributed by atoms with van der Waals surface area (Å²) in [6.45, 7) is 6.16. The van der Waals surface area contributed by atoms with Crippen LogP contribution in [0.2, 0.25) is 0 Å². The smallest absolute Gasteiger partial charge is 0.0465 e. The molecule has 0 amide bonds. The molecule has 0 aliphatic heterocycles. The Morgan fingerprint density at radius 1 is 1.50 bits per heavy atom. The fourth-order valence-corrected chi connectivity index (χ4v) is 1.90. The zero-order chi connectivity index (χ0) is 11.8. The van der Waals surface area contributed by atoms with Gasteiger partial charge in [0.1, 0.15) is 0 Å². The molecular weight excluding hydrogens is 200 g/mol. The summed E-state index contributed by atoms with van der Waals surface area (Å²) in [4.78, 5) is 4.18. The Morgan fingerprint density at radius 2 is 2.31 bits per heavy atom. The van der Waals surface area contributed by atoms with Gasteiger partial charge < -0.3 is 10.1 Å². The fraction of sp³-hybridized carbons (Fsp3) is 0.615. The van der Waals surface area contributed by atoms with Crippen molar-refractivity contribution in [2.24, 2.45) is 5.92 Å². The lowest BCUT2D eigenvalue weighted by atomic mass is 9.93. The summed E-state index contributed by atoms with van der Waals surface area (Å²) >= 11 is 0. The number of nitrogens with zero attached hydrogens (tertiary/aromatic N) is 1. The Labute approximate surface area is 98.2 Å². The van der Waals surface area contributed by atoms with E-state index in [0.717, 1.165) is 19.6 Å². The SMILES string of the molecule is CCNC(c1cccnc1)C(C)CCOC. The molecule has 2 atom stereocenters. The van der Waals surface area contributed by atoms with Gasteiger partial charge in [0.05, 0.1) is 0 Å². The molecule has 2 unspecified atom stereocenters. The van der Waals surface area contributed by atoms with E-state index in [4.69, 9.17) is 4.74 Å². The van der Waals surface area contributed by atoms with E-state index in [9.17, 15) is 0 Å². The monoisotopic (exact) mass is 222 g/mol. The van der Waals surface area contributed by atoms with E-state index in [-0.39, 0.29) is 0 Å². The topological polar surface area (TPSA) is 34.2 Å². The molecule has 3 nitrogen and oxygen atoms in total. The molecule has 0 saturated heterocycles. The fourth-order valence-electron chi connectivity index (χ4n) is 1.90. The largest absolute Gasteiger partial charge is 0.385 e. The van der Waals surface area contributed by atoms with Gasteiger partial charge in [-0.05, 0) is 30.5 Å². The second kappa shape index (κ2) is 7.36.